The summed E-state index contributed by atoms with van der Waals surface area (Å²) in [5, 5.41) is 3.51. The second-order valence-electron chi connectivity index (χ2n) is 7.96. The maximum atomic E-state index is 14.1. The molecule has 1 aromatic heterocycles. The quantitative estimate of drug-likeness (QED) is 0.378. The summed E-state index contributed by atoms with van der Waals surface area (Å²) in [6.45, 7) is 1.95. The van der Waals surface area contributed by atoms with Crippen molar-refractivity contribution in [3.05, 3.63) is 95.8 Å². The number of carbonyl (C=O) groups excluding carboxylic acids is 1. The third-order valence-electron chi connectivity index (χ3n) is 5.42. The third-order valence-corrected chi connectivity index (χ3v) is 6.00. The molecule has 1 heterocycles. The Bertz CT molecular complexity index is 1460. The van der Waals surface area contributed by atoms with Crippen LogP contribution in [0.2, 0.25) is 0 Å². The lowest BCUT2D eigenvalue weighted by atomic mass is 9.99. The highest BCUT2D eigenvalue weighted by molar-refractivity contribution is 7.92. The van der Waals surface area contributed by atoms with E-state index >= 15 is 0 Å². The molecule has 0 spiro atoms. The molecule has 4 rings (SSSR count). The summed E-state index contributed by atoms with van der Waals surface area (Å²) in [4.78, 5) is 18.3. The molecule has 3 aromatic carbocycles. The first-order valence-corrected chi connectivity index (χ1v) is 12.7. The van der Waals surface area contributed by atoms with Crippen molar-refractivity contribution in [1.29, 1.82) is 0 Å². The number of hydrogen-bond acceptors (Lipinski definition) is 4. The Morgan fingerprint density at radius 1 is 1.00 bits per heavy atom. The molecule has 34 heavy (non-hydrogen) atoms. The van der Waals surface area contributed by atoms with E-state index in [-0.39, 0.29) is 23.0 Å². The number of nitrogens with zero attached hydrogens (tertiary/aromatic N) is 1. The number of amides is 1. The minimum Gasteiger partial charge on any atom is -0.345 e. The Morgan fingerprint density at radius 2 is 1.71 bits per heavy atom. The van der Waals surface area contributed by atoms with E-state index in [1.54, 1.807) is 30.3 Å². The van der Waals surface area contributed by atoms with Gasteiger partial charge in [-0.15, -0.1) is 0 Å². The Kier molecular flexibility index (Phi) is 6.61. The molecule has 174 valence electrons. The fraction of sp³-hybridized carbons (Fsp3) is 0.154. The lowest BCUT2D eigenvalue weighted by Gasteiger charge is -2.21. The Hall–Kier alpha value is -3.78. The van der Waals surface area contributed by atoms with E-state index in [9.17, 15) is 17.6 Å². The average molecular weight is 478 g/mol. The monoisotopic (exact) mass is 477 g/mol. The maximum absolute atomic E-state index is 14.1. The molecule has 0 aliphatic heterocycles. The first-order valence-electron chi connectivity index (χ1n) is 10.8. The maximum Gasteiger partial charge on any atom is 0.254 e. The van der Waals surface area contributed by atoms with Crippen molar-refractivity contribution in [3.8, 4) is 11.3 Å². The molecule has 2 N–H and O–H groups in total. The number of aromatic nitrogens is 1. The number of benzene rings is 3. The molecule has 0 aliphatic carbocycles. The molecule has 4 aromatic rings. The van der Waals surface area contributed by atoms with E-state index in [1.807, 2.05) is 37.3 Å². The number of nitrogens with one attached hydrogen (secondary N) is 2. The summed E-state index contributed by atoms with van der Waals surface area (Å²) >= 11 is 0. The van der Waals surface area contributed by atoms with Crippen LogP contribution in [0.4, 0.5) is 10.1 Å². The Morgan fingerprint density at radius 3 is 2.38 bits per heavy atom. The second-order valence-corrected chi connectivity index (χ2v) is 9.71. The van der Waals surface area contributed by atoms with Crippen LogP contribution in [0.5, 0.6) is 0 Å². The van der Waals surface area contributed by atoms with Crippen molar-refractivity contribution < 1.29 is 17.6 Å². The summed E-state index contributed by atoms with van der Waals surface area (Å²) < 4.78 is 41.2. The second kappa shape index (κ2) is 9.61. The third kappa shape index (κ3) is 5.07. The van der Waals surface area contributed by atoms with E-state index in [4.69, 9.17) is 0 Å². The van der Waals surface area contributed by atoms with Gasteiger partial charge in [0, 0.05) is 10.9 Å². The van der Waals surface area contributed by atoms with Crippen LogP contribution in [0.1, 0.15) is 35.3 Å². The SMILES string of the molecule is CCC(NC(=O)c1c(NS(C)(=O)=O)c(-c2cccc(F)c2)nc2ccccc12)c1ccccc1. The normalized spacial score (nSPS) is 12.3. The van der Waals surface area contributed by atoms with E-state index in [0.29, 0.717) is 22.9 Å². The van der Waals surface area contributed by atoms with Gasteiger partial charge in [0.15, 0.2) is 0 Å². The number of sulfonamides is 1. The summed E-state index contributed by atoms with van der Waals surface area (Å²) in [5.41, 5.74) is 2.07. The zero-order valence-electron chi connectivity index (χ0n) is 18.7. The van der Waals surface area contributed by atoms with E-state index in [2.05, 4.69) is 15.0 Å². The molecule has 1 unspecified atom stereocenters. The highest BCUT2D eigenvalue weighted by Crippen LogP contribution is 2.36. The predicted octanol–water partition coefficient (Wildman–Crippen LogP) is 5.29. The molecule has 0 aliphatic rings. The van der Waals surface area contributed by atoms with Gasteiger partial charge in [-0.2, -0.15) is 0 Å². The van der Waals surface area contributed by atoms with Gasteiger partial charge >= 0.3 is 0 Å². The van der Waals surface area contributed by atoms with Crippen molar-refractivity contribution in [3.63, 3.8) is 0 Å². The first kappa shape index (κ1) is 23.4. The van der Waals surface area contributed by atoms with Gasteiger partial charge in [0.25, 0.3) is 5.91 Å². The van der Waals surface area contributed by atoms with Crippen molar-refractivity contribution in [2.75, 3.05) is 11.0 Å². The number of para-hydroxylation sites is 1. The number of halogens is 1. The summed E-state index contributed by atoms with van der Waals surface area (Å²) in [7, 11) is -3.79. The predicted molar refractivity (Wildman–Crippen MR) is 133 cm³/mol. The molecule has 0 fully saturated rings. The van der Waals surface area contributed by atoms with Crippen molar-refractivity contribution in [2.45, 2.75) is 19.4 Å². The molecule has 0 bridgehead atoms. The van der Waals surface area contributed by atoms with Crippen LogP contribution in [0.25, 0.3) is 22.2 Å². The van der Waals surface area contributed by atoms with Gasteiger partial charge in [0.1, 0.15) is 5.82 Å². The Balaban J connectivity index is 1.95. The smallest absolute Gasteiger partial charge is 0.254 e. The fourth-order valence-electron chi connectivity index (χ4n) is 3.91. The van der Waals surface area contributed by atoms with Gasteiger partial charge in [0.2, 0.25) is 10.0 Å². The lowest BCUT2D eigenvalue weighted by molar-refractivity contribution is 0.0938. The minimum absolute atomic E-state index is 0.00668. The van der Waals surface area contributed by atoms with Crippen LogP contribution in [0, 0.1) is 5.82 Å². The molecular weight excluding hydrogens is 453 g/mol. The zero-order chi connectivity index (χ0) is 24.3. The van der Waals surface area contributed by atoms with Gasteiger partial charge in [-0.25, -0.2) is 17.8 Å². The van der Waals surface area contributed by atoms with Crippen LogP contribution >= 0.6 is 0 Å². The number of anilines is 1. The van der Waals surface area contributed by atoms with Crippen molar-refractivity contribution in [2.24, 2.45) is 0 Å². The summed E-state index contributed by atoms with van der Waals surface area (Å²) in [6.07, 6.45) is 1.63. The number of rotatable bonds is 7. The van der Waals surface area contributed by atoms with Crippen LogP contribution in [0.3, 0.4) is 0 Å². The molecule has 1 atom stereocenters. The van der Waals surface area contributed by atoms with Crippen LogP contribution < -0.4 is 10.0 Å². The number of pyridine rings is 1. The molecule has 0 saturated carbocycles. The molecule has 8 heteroatoms. The molecule has 1 amide bonds. The highest BCUT2D eigenvalue weighted by Gasteiger charge is 2.25. The van der Waals surface area contributed by atoms with Crippen molar-refractivity contribution in [1.82, 2.24) is 10.3 Å². The van der Waals surface area contributed by atoms with E-state index in [1.165, 1.54) is 18.2 Å². The highest BCUT2D eigenvalue weighted by atomic mass is 32.2. The number of fused-ring (bicyclic) bond motifs is 1. The summed E-state index contributed by atoms with van der Waals surface area (Å²) in [6, 6.07) is 21.9. The molecule has 0 radical (unpaired) electrons. The first-order chi connectivity index (χ1) is 16.3. The van der Waals surface area contributed by atoms with Crippen molar-refractivity contribution >= 4 is 32.5 Å². The van der Waals surface area contributed by atoms with Gasteiger partial charge < -0.3 is 5.32 Å². The summed E-state index contributed by atoms with van der Waals surface area (Å²) in [5.74, 6) is -0.961. The number of hydrogen-bond donors (Lipinski definition) is 2. The van der Waals surface area contributed by atoms with Gasteiger partial charge in [-0.3, -0.25) is 9.52 Å². The van der Waals surface area contributed by atoms with E-state index < -0.39 is 21.7 Å². The van der Waals surface area contributed by atoms with Gasteiger partial charge in [0.05, 0.1) is 34.8 Å². The Labute approximate surface area is 197 Å². The zero-order valence-corrected chi connectivity index (χ0v) is 19.6. The molecule has 0 saturated heterocycles. The van der Waals surface area contributed by atoms with Gasteiger partial charge in [-0.1, -0.05) is 67.6 Å². The molecule has 6 nitrogen and oxygen atoms in total. The van der Waals surface area contributed by atoms with Crippen LogP contribution in [-0.4, -0.2) is 25.6 Å². The minimum atomic E-state index is -3.79. The van der Waals surface area contributed by atoms with E-state index in [0.717, 1.165) is 11.8 Å². The topological polar surface area (TPSA) is 88.2 Å². The fourth-order valence-corrected chi connectivity index (χ4v) is 4.48. The molecular formula is C26H24FN3O3S. The lowest BCUT2D eigenvalue weighted by Crippen LogP contribution is -2.30. The van der Waals surface area contributed by atoms with Crippen LogP contribution in [0.15, 0.2) is 78.9 Å². The van der Waals surface area contributed by atoms with Crippen LogP contribution in [-0.2, 0) is 10.0 Å². The number of carbonyl (C=O) groups is 1. The van der Waals surface area contributed by atoms with Gasteiger partial charge in [-0.05, 0) is 30.2 Å². The largest absolute Gasteiger partial charge is 0.345 e. The average Bonchev–Trinajstić information content (AvgIpc) is 2.81. The standard InChI is InChI=1S/C26H24FN3O3S/c1-3-21(17-10-5-4-6-11-17)29-26(31)23-20-14-7-8-15-22(20)28-24(25(23)30-34(2,32)33)18-12-9-13-19(27)16-18/h4-16,21,30H,3H2,1-2H3,(H,29,31).